The maximum atomic E-state index is 12.4. The summed E-state index contributed by atoms with van der Waals surface area (Å²) >= 11 is 0. The zero-order chi connectivity index (χ0) is 12.3. The lowest BCUT2D eigenvalue weighted by atomic mass is 10.0. The maximum absolute atomic E-state index is 12.4. The summed E-state index contributed by atoms with van der Waals surface area (Å²) in [6.45, 7) is 5.01. The van der Waals surface area contributed by atoms with Crippen molar-refractivity contribution in [3.63, 3.8) is 0 Å². The molecule has 17 heavy (non-hydrogen) atoms. The Bertz CT molecular complexity index is 272. The molecule has 1 amide bonds. The quantitative estimate of drug-likeness (QED) is 0.700. The summed E-state index contributed by atoms with van der Waals surface area (Å²) in [4.78, 5) is 16.7. The van der Waals surface area contributed by atoms with Crippen molar-refractivity contribution >= 4 is 5.91 Å². The van der Waals surface area contributed by atoms with Gasteiger partial charge in [0.05, 0.1) is 19.1 Å². The normalized spacial score (nSPS) is 31.5. The van der Waals surface area contributed by atoms with Gasteiger partial charge in [0.1, 0.15) is 0 Å². The molecule has 0 radical (unpaired) electrons. The first-order valence-electron chi connectivity index (χ1n) is 6.44. The Kier molecular flexibility index (Phi) is 4.36. The highest BCUT2D eigenvalue weighted by Gasteiger charge is 2.35. The number of ether oxygens (including phenoxy) is 1. The Morgan fingerprint density at radius 2 is 2.06 bits per heavy atom. The summed E-state index contributed by atoms with van der Waals surface area (Å²) in [6, 6.07) is 0.184. The summed E-state index contributed by atoms with van der Waals surface area (Å²) in [5.41, 5.74) is 0. The fourth-order valence-corrected chi connectivity index (χ4v) is 2.58. The SMILES string of the molecule is CNC1COCC1C(=O)N1CCCN(C)CC1. The molecule has 98 valence electrons. The molecule has 2 aliphatic rings. The highest BCUT2D eigenvalue weighted by atomic mass is 16.5. The second-order valence-corrected chi connectivity index (χ2v) is 5.02. The zero-order valence-electron chi connectivity index (χ0n) is 10.8. The van der Waals surface area contributed by atoms with Crippen LogP contribution in [0.25, 0.3) is 0 Å². The van der Waals surface area contributed by atoms with Gasteiger partial charge in [-0.3, -0.25) is 4.79 Å². The number of rotatable bonds is 2. The molecule has 2 saturated heterocycles. The largest absolute Gasteiger partial charge is 0.379 e. The first-order valence-corrected chi connectivity index (χ1v) is 6.44. The molecule has 2 fully saturated rings. The van der Waals surface area contributed by atoms with Crippen LogP contribution in [0.4, 0.5) is 0 Å². The van der Waals surface area contributed by atoms with Gasteiger partial charge in [0.15, 0.2) is 0 Å². The van der Waals surface area contributed by atoms with Crippen molar-refractivity contribution in [2.24, 2.45) is 5.92 Å². The molecule has 2 unspecified atom stereocenters. The number of hydrogen-bond donors (Lipinski definition) is 1. The predicted molar refractivity (Wildman–Crippen MR) is 65.9 cm³/mol. The molecule has 1 N–H and O–H groups in total. The van der Waals surface area contributed by atoms with E-state index in [1.807, 2.05) is 11.9 Å². The average Bonchev–Trinajstić information content (AvgIpc) is 2.70. The van der Waals surface area contributed by atoms with Crippen molar-refractivity contribution in [1.29, 1.82) is 0 Å². The molecule has 2 atom stereocenters. The summed E-state index contributed by atoms with van der Waals surface area (Å²) in [5, 5.41) is 3.18. The van der Waals surface area contributed by atoms with Gasteiger partial charge in [-0.15, -0.1) is 0 Å². The lowest BCUT2D eigenvalue weighted by Crippen LogP contribution is -2.45. The number of hydrogen-bond acceptors (Lipinski definition) is 4. The van der Waals surface area contributed by atoms with Crippen LogP contribution in [0.15, 0.2) is 0 Å². The summed E-state index contributed by atoms with van der Waals surface area (Å²) in [6.07, 6.45) is 1.07. The number of carbonyl (C=O) groups excluding carboxylic acids is 1. The minimum atomic E-state index is 0.00315. The second kappa shape index (κ2) is 5.80. The van der Waals surface area contributed by atoms with Crippen molar-refractivity contribution in [1.82, 2.24) is 15.1 Å². The van der Waals surface area contributed by atoms with Crippen LogP contribution in [0.5, 0.6) is 0 Å². The third-order valence-electron chi connectivity index (χ3n) is 3.80. The fourth-order valence-electron chi connectivity index (χ4n) is 2.58. The summed E-state index contributed by atoms with van der Waals surface area (Å²) in [7, 11) is 4.01. The Morgan fingerprint density at radius 1 is 1.24 bits per heavy atom. The van der Waals surface area contributed by atoms with Crippen LogP contribution in [0.3, 0.4) is 0 Å². The Balaban J connectivity index is 1.94. The van der Waals surface area contributed by atoms with Crippen LogP contribution in [0, 0.1) is 5.92 Å². The van der Waals surface area contributed by atoms with Crippen molar-refractivity contribution < 1.29 is 9.53 Å². The molecule has 2 aliphatic heterocycles. The smallest absolute Gasteiger partial charge is 0.229 e. The Morgan fingerprint density at radius 3 is 2.82 bits per heavy atom. The van der Waals surface area contributed by atoms with E-state index in [1.165, 1.54) is 0 Å². The van der Waals surface area contributed by atoms with Crippen molar-refractivity contribution in [2.45, 2.75) is 12.5 Å². The fraction of sp³-hybridized carbons (Fsp3) is 0.917. The molecule has 5 nitrogen and oxygen atoms in total. The van der Waals surface area contributed by atoms with Gasteiger partial charge in [0, 0.05) is 25.7 Å². The van der Waals surface area contributed by atoms with Gasteiger partial charge in [-0.1, -0.05) is 0 Å². The molecule has 0 aromatic carbocycles. The molecule has 0 bridgehead atoms. The van der Waals surface area contributed by atoms with Gasteiger partial charge in [-0.05, 0) is 27.1 Å². The minimum absolute atomic E-state index is 0.00315. The number of likely N-dealkylation sites (N-methyl/N-ethyl adjacent to an activating group) is 2. The number of carbonyl (C=O) groups is 1. The third kappa shape index (κ3) is 2.97. The highest BCUT2D eigenvalue weighted by Crippen LogP contribution is 2.17. The molecule has 2 rings (SSSR count). The second-order valence-electron chi connectivity index (χ2n) is 5.02. The predicted octanol–water partition coefficient (Wildman–Crippen LogP) is -0.615. The molecule has 2 heterocycles. The van der Waals surface area contributed by atoms with E-state index in [2.05, 4.69) is 17.3 Å². The van der Waals surface area contributed by atoms with Crippen molar-refractivity contribution in [3.8, 4) is 0 Å². The monoisotopic (exact) mass is 241 g/mol. The molecular formula is C12H23N3O2. The van der Waals surface area contributed by atoms with Crippen LogP contribution in [-0.2, 0) is 9.53 Å². The first kappa shape index (κ1) is 12.8. The van der Waals surface area contributed by atoms with Gasteiger partial charge in [0.2, 0.25) is 5.91 Å². The van der Waals surface area contributed by atoms with E-state index >= 15 is 0 Å². The van der Waals surface area contributed by atoms with Crippen LogP contribution in [-0.4, -0.2) is 75.2 Å². The van der Waals surface area contributed by atoms with Gasteiger partial charge < -0.3 is 19.9 Å². The maximum Gasteiger partial charge on any atom is 0.229 e. The van der Waals surface area contributed by atoms with E-state index in [0.717, 1.165) is 32.6 Å². The molecule has 0 aliphatic carbocycles. The summed E-state index contributed by atoms with van der Waals surface area (Å²) < 4.78 is 5.40. The Labute approximate surface area is 103 Å². The van der Waals surface area contributed by atoms with Gasteiger partial charge in [-0.2, -0.15) is 0 Å². The van der Waals surface area contributed by atoms with Gasteiger partial charge in [0.25, 0.3) is 0 Å². The van der Waals surface area contributed by atoms with E-state index in [9.17, 15) is 4.79 Å². The van der Waals surface area contributed by atoms with E-state index in [4.69, 9.17) is 4.74 Å². The van der Waals surface area contributed by atoms with Gasteiger partial charge >= 0.3 is 0 Å². The van der Waals surface area contributed by atoms with Crippen LogP contribution >= 0.6 is 0 Å². The highest BCUT2D eigenvalue weighted by molar-refractivity contribution is 5.80. The first-order chi connectivity index (χ1) is 8.22. The van der Waals surface area contributed by atoms with Crippen LogP contribution in [0.2, 0.25) is 0 Å². The lowest BCUT2D eigenvalue weighted by Gasteiger charge is -2.26. The number of nitrogens with zero attached hydrogens (tertiary/aromatic N) is 2. The van der Waals surface area contributed by atoms with E-state index in [0.29, 0.717) is 13.2 Å². The lowest BCUT2D eigenvalue weighted by molar-refractivity contribution is -0.135. The molecule has 0 aromatic rings. The molecule has 0 aromatic heterocycles. The van der Waals surface area contributed by atoms with E-state index < -0.39 is 0 Å². The molecule has 0 saturated carbocycles. The standard InChI is InChI=1S/C12H23N3O2/c1-13-11-9-17-8-10(11)12(16)15-5-3-4-14(2)6-7-15/h10-11,13H,3-9H2,1-2H3. The zero-order valence-corrected chi connectivity index (χ0v) is 10.8. The molecular weight excluding hydrogens is 218 g/mol. The Hall–Kier alpha value is -0.650. The van der Waals surface area contributed by atoms with Crippen molar-refractivity contribution in [2.75, 3.05) is 53.5 Å². The van der Waals surface area contributed by atoms with Crippen LogP contribution < -0.4 is 5.32 Å². The minimum Gasteiger partial charge on any atom is -0.379 e. The number of amides is 1. The average molecular weight is 241 g/mol. The van der Waals surface area contributed by atoms with E-state index in [-0.39, 0.29) is 17.9 Å². The third-order valence-corrected chi connectivity index (χ3v) is 3.80. The summed E-state index contributed by atoms with van der Waals surface area (Å²) in [5.74, 6) is 0.264. The van der Waals surface area contributed by atoms with E-state index in [1.54, 1.807) is 0 Å². The molecule has 5 heteroatoms. The topological polar surface area (TPSA) is 44.8 Å². The molecule has 0 spiro atoms. The van der Waals surface area contributed by atoms with Crippen molar-refractivity contribution in [3.05, 3.63) is 0 Å². The van der Waals surface area contributed by atoms with Gasteiger partial charge in [-0.25, -0.2) is 0 Å². The number of nitrogens with one attached hydrogen (secondary N) is 1. The van der Waals surface area contributed by atoms with Crippen LogP contribution in [0.1, 0.15) is 6.42 Å².